The Hall–Kier alpha value is -2.38. The molecule has 2 aromatic rings. The minimum Gasteiger partial charge on any atom is -0.455 e. The number of hydrogen-bond acceptors (Lipinski definition) is 6. The van der Waals surface area contributed by atoms with Gasteiger partial charge in [-0.05, 0) is 29.8 Å². The number of nitrogens with one attached hydrogen (secondary N) is 1. The van der Waals surface area contributed by atoms with Gasteiger partial charge in [0, 0.05) is 22.5 Å². The summed E-state index contributed by atoms with van der Waals surface area (Å²) in [6.07, 6.45) is 0. The highest BCUT2D eigenvalue weighted by Gasteiger charge is 2.14. The molecular weight excluding hydrogens is 378 g/mol. The minimum atomic E-state index is -0.440. The Labute approximate surface area is 159 Å². The highest BCUT2D eigenvalue weighted by Crippen LogP contribution is 2.34. The van der Waals surface area contributed by atoms with Gasteiger partial charge in [0.1, 0.15) is 0 Å². The van der Waals surface area contributed by atoms with Crippen molar-refractivity contribution in [2.45, 2.75) is 5.75 Å². The van der Waals surface area contributed by atoms with E-state index in [1.165, 1.54) is 11.8 Å². The van der Waals surface area contributed by atoms with Gasteiger partial charge in [0.15, 0.2) is 18.1 Å². The first kappa shape index (κ1) is 18.4. The number of anilines is 1. The number of benzene rings is 2. The Balaban J connectivity index is 1.36. The summed E-state index contributed by atoms with van der Waals surface area (Å²) in [6, 6.07) is 12.5. The van der Waals surface area contributed by atoms with Crippen LogP contribution in [0.4, 0.5) is 5.69 Å². The second-order valence-electron chi connectivity index (χ2n) is 5.40. The van der Waals surface area contributed by atoms with E-state index in [9.17, 15) is 9.59 Å². The van der Waals surface area contributed by atoms with Gasteiger partial charge in [-0.1, -0.05) is 23.7 Å². The first-order chi connectivity index (χ1) is 12.6. The number of carbonyl (C=O) groups is 2. The molecular formula is C18H16ClNO5S. The first-order valence-electron chi connectivity index (χ1n) is 7.77. The van der Waals surface area contributed by atoms with Gasteiger partial charge < -0.3 is 19.5 Å². The number of ether oxygens (including phenoxy) is 3. The molecule has 2 aromatic carbocycles. The Kier molecular flexibility index (Phi) is 6.25. The fourth-order valence-corrected chi connectivity index (χ4v) is 3.10. The number of rotatable bonds is 7. The lowest BCUT2D eigenvalue weighted by Gasteiger charge is -2.07. The van der Waals surface area contributed by atoms with Crippen LogP contribution in [0.5, 0.6) is 11.5 Å². The fourth-order valence-electron chi connectivity index (χ4n) is 2.19. The maximum Gasteiger partial charge on any atom is 0.316 e. The van der Waals surface area contributed by atoms with Crippen LogP contribution >= 0.6 is 23.4 Å². The van der Waals surface area contributed by atoms with Gasteiger partial charge in [-0.25, -0.2) is 0 Å². The van der Waals surface area contributed by atoms with Crippen molar-refractivity contribution in [2.24, 2.45) is 0 Å². The molecule has 0 atom stereocenters. The SMILES string of the molecule is O=C(COC(=O)CSCc1ccc(Cl)cc1)Nc1ccc2c(c1)OCO2. The Morgan fingerprint density at radius 1 is 1.12 bits per heavy atom. The van der Waals surface area contributed by atoms with E-state index >= 15 is 0 Å². The van der Waals surface area contributed by atoms with Crippen LogP contribution < -0.4 is 14.8 Å². The van der Waals surface area contributed by atoms with Crippen LogP contribution in [0.15, 0.2) is 42.5 Å². The molecule has 0 saturated heterocycles. The van der Waals surface area contributed by atoms with Crippen LogP contribution in [0.2, 0.25) is 5.02 Å². The number of carbonyl (C=O) groups excluding carboxylic acids is 2. The monoisotopic (exact) mass is 393 g/mol. The van der Waals surface area contributed by atoms with E-state index in [-0.39, 0.29) is 19.2 Å². The van der Waals surface area contributed by atoms with Crippen molar-refractivity contribution >= 4 is 40.9 Å². The molecule has 26 heavy (non-hydrogen) atoms. The molecule has 1 aliphatic rings. The van der Waals surface area contributed by atoms with E-state index in [2.05, 4.69) is 5.32 Å². The minimum absolute atomic E-state index is 0.165. The summed E-state index contributed by atoms with van der Waals surface area (Å²) in [6.45, 7) is -0.174. The molecule has 1 amide bonds. The van der Waals surface area contributed by atoms with E-state index in [0.29, 0.717) is 28.0 Å². The molecule has 1 N–H and O–H groups in total. The maximum absolute atomic E-state index is 11.9. The molecule has 0 unspecified atom stereocenters. The summed E-state index contributed by atoms with van der Waals surface area (Å²) in [7, 11) is 0. The molecule has 0 aromatic heterocycles. The molecule has 1 aliphatic heterocycles. The van der Waals surface area contributed by atoms with Gasteiger partial charge in [0.2, 0.25) is 6.79 Å². The summed E-state index contributed by atoms with van der Waals surface area (Å²) in [5.74, 6) is 1.17. The van der Waals surface area contributed by atoms with Crippen molar-refractivity contribution in [3.05, 3.63) is 53.1 Å². The van der Waals surface area contributed by atoms with E-state index in [1.54, 1.807) is 30.3 Å². The largest absolute Gasteiger partial charge is 0.455 e. The highest BCUT2D eigenvalue weighted by molar-refractivity contribution is 7.99. The first-order valence-corrected chi connectivity index (χ1v) is 9.31. The Morgan fingerprint density at radius 2 is 1.88 bits per heavy atom. The Bertz CT molecular complexity index is 797. The number of hydrogen-bond donors (Lipinski definition) is 1. The van der Waals surface area contributed by atoms with E-state index < -0.39 is 11.9 Å². The zero-order valence-electron chi connectivity index (χ0n) is 13.7. The van der Waals surface area contributed by atoms with Crippen LogP contribution in [0.3, 0.4) is 0 Å². The van der Waals surface area contributed by atoms with E-state index in [0.717, 1.165) is 5.56 Å². The van der Waals surface area contributed by atoms with Crippen molar-refractivity contribution in [1.29, 1.82) is 0 Å². The van der Waals surface area contributed by atoms with Crippen molar-refractivity contribution in [2.75, 3.05) is 24.5 Å². The topological polar surface area (TPSA) is 73.9 Å². The lowest BCUT2D eigenvalue weighted by Crippen LogP contribution is -2.21. The number of amides is 1. The van der Waals surface area contributed by atoms with Crippen molar-refractivity contribution in [3.8, 4) is 11.5 Å². The van der Waals surface area contributed by atoms with E-state index in [4.69, 9.17) is 25.8 Å². The molecule has 1 heterocycles. The summed E-state index contributed by atoms with van der Waals surface area (Å²) in [4.78, 5) is 23.6. The third-order valence-electron chi connectivity index (χ3n) is 3.42. The average Bonchev–Trinajstić information content (AvgIpc) is 3.09. The van der Waals surface area contributed by atoms with Crippen LogP contribution in [-0.4, -0.2) is 31.0 Å². The second-order valence-corrected chi connectivity index (χ2v) is 6.82. The molecule has 0 spiro atoms. The van der Waals surface area contributed by atoms with Crippen LogP contribution in [0, 0.1) is 0 Å². The van der Waals surface area contributed by atoms with Gasteiger partial charge in [0.25, 0.3) is 5.91 Å². The molecule has 136 valence electrons. The van der Waals surface area contributed by atoms with Gasteiger partial charge in [-0.3, -0.25) is 9.59 Å². The number of esters is 1. The zero-order valence-corrected chi connectivity index (χ0v) is 15.3. The summed E-state index contributed by atoms with van der Waals surface area (Å²) < 4.78 is 15.4. The lowest BCUT2D eigenvalue weighted by atomic mass is 10.2. The molecule has 0 bridgehead atoms. The van der Waals surface area contributed by atoms with Crippen LogP contribution in [-0.2, 0) is 20.1 Å². The molecule has 6 nitrogen and oxygen atoms in total. The molecule has 8 heteroatoms. The highest BCUT2D eigenvalue weighted by atomic mass is 35.5. The van der Waals surface area contributed by atoms with Gasteiger partial charge in [-0.2, -0.15) is 0 Å². The van der Waals surface area contributed by atoms with Crippen LogP contribution in [0.25, 0.3) is 0 Å². The molecule has 3 rings (SSSR count). The predicted molar refractivity (Wildman–Crippen MR) is 99.8 cm³/mol. The summed E-state index contributed by atoms with van der Waals surface area (Å²) in [5.41, 5.74) is 1.61. The van der Waals surface area contributed by atoms with Gasteiger partial charge in [-0.15, -0.1) is 11.8 Å². The predicted octanol–water partition coefficient (Wildman–Crippen LogP) is 3.48. The third-order valence-corrected chi connectivity index (χ3v) is 4.65. The van der Waals surface area contributed by atoms with Crippen LogP contribution in [0.1, 0.15) is 5.56 Å². The normalized spacial score (nSPS) is 11.9. The standard InChI is InChI=1S/C18H16ClNO5S/c19-13-3-1-12(2-4-13)9-26-10-18(22)23-8-17(21)20-14-5-6-15-16(7-14)25-11-24-15/h1-7H,8-11H2,(H,20,21). The van der Waals surface area contributed by atoms with Crippen molar-refractivity contribution < 1.29 is 23.8 Å². The van der Waals surface area contributed by atoms with Crippen molar-refractivity contribution in [1.82, 2.24) is 0 Å². The molecule has 0 fully saturated rings. The van der Waals surface area contributed by atoms with Crippen molar-refractivity contribution in [3.63, 3.8) is 0 Å². The average molecular weight is 394 g/mol. The molecule has 0 saturated carbocycles. The quantitative estimate of drug-likeness (QED) is 0.726. The maximum atomic E-state index is 11.9. The second kappa shape index (κ2) is 8.82. The smallest absolute Gasteiger partial charge is 0.316 e. The van der Waals surface area contributed by atoms with Gasteiger partial charge >= 0.3 is 5.97 Å². The Morgan fingerprint density at radius 3 is 2.69 bits per heavy atom. The summed E-state index contributed by atoms with van der Waals surface area (Å²) in [5, 5.41) is 3.32. The third kappa shape index (κ3) is 5.31. The summed E-state index contributed by atoms with van der Waals surface area (Å²) >= 11 is 7.23. The fraction of sp³-hybridized carbons (Fsp3) is 0.222. The number of fused-ring (bicyclic) bond motifs is 1. The molecule has 0 radical (unpaired) electrons. The zero-order chi connectivity index (χ0) is 18.4. The lowest BCUT2D eigenvalue weighted by molar-refractivity contribution is -0.144. The van der Waals surface area contributed by atoms with Gasteiger partial charge in [0.05, 0.1) is 5.75 Å². The number of thioether (sulfide) groups is 1. The molecule has 0 aliphatic carbocycles. The van der Waals surface area contributed by atoms with E-state index in [1.807, 2.05) is 12.1 Å². The number of halogens is 1.